The molecule has 0 spiro atoms. The first-order valence-corrected chi connectivity index (χ1v) is 11.4. The van der Waals surface area contributed by atoms with Crippen molar-refractivity contribution in [2.45, 2.75) is 83.0 Å². The summed E-state index contributed by atoms with van der Waals surface area (Å²) in [4.78, 5) is 0.0594. The largest absolute Gasteiger partial charge is 1.00 e. The molecule has 0 saturated carbocycles. The average Bonchev–Trinajstić information content (AvgIpc) is 2.61. The Hall–Kier alpha value is 0.246. The molecule has 144 valence electrons. The van der Waals surface area contributed by atoms with Crippen molar-refractivity contribution >= 4 is 20.9 Å². The van der Waals surface area contributed by atoms with Gasteiger partial charge in [0.2, 0.25) is 0 Å². The van der Waals surface area contributed by atoms with E-state index in [4.69, 9.17) is 0 Å². The number of hydrogen-bond donors (Lipinski definition) is 0. The fraction of sp³-hybridized carbons (Fsp3) is 0.545. The van der Waals surface area contributed by atoms with E-state index >= 15 is 0 Å². The first kappa shape index (κ1) is 25.3. The molecule has 2 aromatic rings. The van der Waals surface area contributed by atoms with Gasteiger partial charge < -0.3 is 4.55 Å². The summed E-state index contributed by atoms with van der Waals surface area (Å²) in [5, 5.41) is 1.95. The molecule has 27 heavy (non-hydrogen) atoms. The summed E-state index contributed by atoms with van der Waals surface area (Å²) in [6.07, 6.45) is 9.80. The molecule has 0 heterocycles. The molecule has 0 bridgehead atoms. The zero-order valence-corrected chi connectivity index (χ0v) is 21.0. The van der Waals surface area contributed by atoms with Gasteiger partial charge in [-0.15, -0.1) is 0 Å². The van der Waals surface area contributed by atoms with Crippen molar-refractivity contribution < 1.29 is 64.4 Å². The molecule has 5 heteroatoms. The monoisotopic (exact) mass is 414 g/mol. The van der Waals surface area contributed by atoms with Crippen LogP contribution in [0, 0.1) is 0 Å². The van der Waals surface area contributed by atoms with Crippen molar-refractivity contribution in [3.8, 4) is 0 Å². The van der Waals surface area contributed by atoms with E-state index in [1.165, 1.54) is 0 Å². The van der Waals surface area contributed by atoms with Crippen LogP contribution in [0.5, 0.6) is 0 Å². The van der Waals surface area contributed by atoms with Crippen LogP contribution in [0.2, 0.25) is 0 Å². The Labute approximate surface area is 207 Å². The molecule has 3 nitrogen and oxygen atoms in total. The molecule has 0 saturated heterocycles. The summed E-state index contributed by atoms with van der Waals surface area (Å²) < 4.78 is 36.4. The Bertz CT molecular complexity index is 816. The molecule has 0 fully saturated rings. The van der Waals surface area contributed by atoms with Crippen LogP contribution in [0.25, 0.3) is 10.8 Å². The summed E-state index contributed by atoms with van der Waals surface area (Å²) in [6.45, 7) is 4.30. The van der Waals surface area contributed by atoms with E-state index in [0.29, 0.717) is 18.4 Å². The van der Waals surface area contributed by atoms with E-state index in [2.05, 4.69) is 13.8 Å². The topological polar surface area (TPSA) is 57.2 Å². The van der Waals surface area contributed by atoms with Crippen LogP contribution in [0.15, 0.2) is 35.2 Å². The summed E-state index contributed by atoms with van der Waals surface area (Å²) >= 11 is 0. The molecule has 0 radical (unpaired) electrons. The molecule has 0 unspecified atom stereocenters. The van der Waals surface area contributed by atoms with Gasteiger partial charge in [-0.1, -0.05) is 76.6 Å². The molecule has 0 aliphatic carbocycles. The van der Waals surface area contributed by atoms with Gasteiger partial charge in [0.15, 0.2) is 0 Å². The Morgan fingerprint density at radius 3 is 2.04 bits per heavy atom. The number of aryl methyl sites for hydroxylation is 2. The third-order valence-electron chi connectivity index (χ3n) is 5.01. The van der Waals surface area contributed by atoms with E-state index in [9.17, 15) is 13.0 Å². The van der Waals surface area contributed by atoms with E-state index < -0.39 is 10.1 Å². The number of benzene rings is 2. The molecular weight excluding hydrogens is 383 g/mol. The Kier molecular flexibility index (Phi) is 11.9. The Morgan fingerprint density at radius 1 is 0.852 bits per heavy atom. The average molecular weight is 415 g/mol. The standard InChI is InChI=1S/C22H32O3S.K/c1-3-5-7-9-14-19-17-18-13-11-12-15-20(18)21(16-10-8-6-4-2)22(19)26(23,24)25;/h11-13,15,17H,3-10,14,16H2,1-2H3,(H,23,24,25);/q;+1/p-1. The maximum absolute atomic E-state index is 12.1. The molecule has 2 aromatic carbocycles. The van der Waals surface area contributed by atoms with Gasteiger partial charge in [-0.05, 0) is 53.6 Å². The molecule has 0 aliphatic heterocycles. The second-order valence-corrected chi connectivity index (χ2v) is 8.46. The number of hydrogen-bond acceptors (Lipinski definition) is 3. The van der Waals surface area contributed by atoms with Gasteiger partial charge >= 0.3 is 51.4 Å². The number of unbranched alkanes of at least 4 members (excludes halogenated alkanes) is 6. The predicted octanol–water partition coefficient (Wildman–Crippen LogP) is 2.99. The van der Waals surface area contributed by atoms with E-state index in [1.807, 2.05) is 30.3 Å². The molecule has 2 rings (SSSR count). The van der Waals surface area contributed by atoms with Crippen LogP contribution in [-0.4, -0.2) is 13.0 Å². The summed E-state index contributed by atoms with van der Waals surface area (Å²) in [7, 11) is -4.49. The summed E-state index contributed by atoms with van der Waals surface area (Å²) in [5.74, 6) is 0. The summed E-state index contributed by atoms with van der Waals surface area (Å²) in [6, 6.07) is 9.76. The van der Waals surface area contributed by atoms with Crippen molar-refractivity contribution in [2.75, 3.05) is 0 Å². The van der Waals surface area contributed by atoms with Gasteiger partial charge in [0.1, 0.15) is 10.1 Å². The van der Waals surface area contributed by atoms with Crippen LogP contribution in [0.3, 0.4) is 0 Å². The van der Waals surface area contributed by atoms with Crippen molar-refractivity contribution in [1.29, 1.82) is 0 Å². The third-order valence-corrected chi connectivity index (χ3v) is 6.02. The van der Waals surface area contributed by atoms with Crippen molar-refractivity contribution in [2.24, 2.45) is 0 Å². The molecule has 0 aliphatic rings. The first-order valence-electron chi connectivity index (χ1n) is 9.98. The van der Waals surface area contributed by atoms with Crippen LogP contribution in [0.1, 0.15) is 76.3 Å². The van der Waals surface area contributed by atoms with Gasteiger partial charge in [0.25, 0.3) is 0 Å². The van der Waals surface area contributed by atoms with Crippen molar-refractivity contribution in [3.63, 3.8) is 0 Å². The molecule has 0 atom stereocenters. The van der Waals surface area contributed by atoms with Crippen molar-refractivity contribution in [3.05, 3.63) is 41.5 Å². The van der Waals surface area contributed by atoms with E-state index in [1.54, 1.807) is 0 Å². The van der Waals surface area contributed by atoms with Gasteiger partial charge in [0.05, 0.1) is 4.90 Å². The zero-order valence-electron chi connectivity index (χ0n) is 17.1. The fourth-order valence-corrected chi connectivity index (χ4v) is 4.68. The molecule has 0 aromatic heterocycles. The predicted molar refractivity (Wildman–Crippen MR) is 108 cm³/mol. The van der Waals surface area contributed by atoms with Crippen LogP contribution in [-0.2, 0) is 23.0 Å². The van der Waals surface area contributed by atoms with Crippen molar-refractivity contribution in [1.82, 2.24) is 0 Å². The number of fused-ring (bicyclic) bond motifs is 1. The summed E-state index contributed by atoms with van der Waals surface area (Å²) in [5.41, 5.74) is 1.44. The molecule has 0 amide bonds. The molecular formula is C22H31KO3S. The van der Waals surface area contributed by atoms with Gasteiger partial charge in [0, 0.05) is 0 Å². The minimum atomic E-state index is -4.49. The van der Waals surface area contributed by atoms with Gasteiger partial charge in [-0.3, -0.25) is 0 Å². The first-order chi connectivity index (χ1) is 12.5. The van der Waals surface area contributed by atoms with E-state index in [-0.39, 0.29) is 56.3 Å². The Balaban J connectivity index is 0.00000364. The maximum Gasteiger partial charge on any atom is 1.00 e. The van der Waals surface area contributed by atoms with Crippen LogP contribution in [0.4, 0.5) is 0 Å². The minimum absolute atomic E-state index is 0. The van der Waals surface area contributed by atoms with Crippen LogP contribution < -0.4 is 51.4 Å². The minimum Gasteiger partial charge on any atom is -0.744 e. The normalized spacial score (nSPS) is 11.5. The quantitative estimate of drug-likeness (QED) is 0.323. The van der Waals surface area contributed by atoms with Gasteiger partial charge in [-0.2, -0.15) is 0 Å². The number of rotatable bonds is 11. The fourth-order valence-electron chi connectivity index (χ4n) is 3.68. The smallest absolute Gasteiger partial charge is 0.744 e. The van der Waals surface area contributed by atoms with E-state index in [0.717, 1.165) is 67.7 Å². The second-order valence-electron chi connectivity index (χ2n) is 7.14. The van der Waals surface area contributed by atoms with Crippen LogP contribution >= 0.6 is 0 Å². The Morgan fingerprint density at radius 2 is 1.44 bits per heavy atom. The molecule has 0 N–H and O–H groups in total. The maximum atomic E-state index is 12.1. The second kappa shape index (κ2) is 12.7. The third kappa shape index (κ3) is 7.54. The zero-order chi connectivity index (χ0) is 19.0. The van der Waals surface area contributed by atoms with Gasteiger partial charge in [-0.25, -0.2) is 8.42 Å². The SMILES string of the molecule is CCCCCCc1cc2ccccc2c(CCCCCC)c1S(=O)(=O)[O-].[K+].